The molecule has 2 rings (SSSR count). The van der Waals surface area contributed by atoms with E-state index in [9.17, 15) is 0 Å². The van der Waals surface area contributed by atoms with E-state index in [-0.39, 0.29) is 6.04 Å². The van der Waals surface area contributed by atoms with Gasteiger partial charge in [0.2, 0.25) is 0 Å². The van der Waals surface area contributed by atoms with E-state index in [1.807, 2.05) is 49.8 Å². The number of rotatable bonds is 6. The molecule has 0 bridgehead atoms. The average molecular weight is 330 g/mol. The second-order valence-electron chi connectivity index (χ2n) is 5.79. The summed E-state index contributed by atoms with van der Waals surface area (Å²) in [4.78, 5) is 8.71. The van der Waals surface area contributed by atoms with Crippen LogP contribution in [0.5, 0.6) is 0 Å². The van der Waals surface area contributed by atoms with E-state index >= 15 is 0 Å². The molecule has 1 unspecified atom stereocenters. The van der Waals surface area contributed by atoms with Crippen LogP contribution >= 0.6 is 0 Å². The van der Waals surface area contributed by atoms with Gasteiger partial charge in [0.05, 0.1) is 12.3 Å². The second-order valence-corrected chi connectivity index (χ2v) is 5.79. The number of guanidine groups is 1. The van der Waals surface area contributed by atoms with Crippen molar-refractivity contribution in [3.05, 3.63) is 41.3 Å². The van der Waals surface area contributed by atoms with Crippen LogP contribution in [-0.2, 0) is 11.3 Å². The lowest BCUT2D eigenvalue weighted by molar-refractivity contribution is 0.179. The molecule has 1 atom stereocenters. The van der Waals surface area contributed by atoms with Gasteiger partial charge in [-0.2, -0.15) is 5.10 Å². The van der Waals surface area contributed by atoms with Gasteiger partial charge in [-0.15, -0.1) is 0 Å². The molecule has 0 fully saturated rings. The number of methoxy groups -OCH3 is 1. The van der Waals surface area contributed by atoms with Crippen molar-refractivity contribution in [1.82, 2.24) is 25.4 Å². The summed E-state index contributed by atoms with van der Waals surface area (Å²) < 4.78 is 6.96. The van der Waals surface area contributed by atoms with Crippen LogP contribution in [0.25, 0.3) is 5.82 Å². The number of hydrogen-bond donors (Lipinski definition) is 2. The molecule has 0 aliphatic carbocycles. The molecule has 0 saturated carbocycles. The lowest BCUT2D eigenvalue weighted by atomic mass is 10.3. The van der Waals surface area contributed by atoms with Crippen LogP contribution < -0.4 is 10.6 Å². The zero-order valence-electron chi connectivity index (χ0n) is 15.0. The van der Waals surface area contributed by atoms with Gasteiger partial charge in [0.25, 0.3) is 0 Å². The van der Waals surface area contributed by atoms with Crippen molar-refractivity contribution in [1.29, 1.82) is 0 Å². The fraction of sp³-hybridized carbons (Fsp3) is 0.471. The maximum atomic E-state index is 5.11. The molecule has 7 nitrogen and oxygen atoms in total. The molecular weight excluding hydrogens is 304 g/mol. The Kier molecular flexibility index (Phi) is 6.31. The lowest BCUT2D eigenvalue weighted by Crippen LogP contribution is -2.43. The highest BCUT2D eigenvalue weighted by atomic mass is 16.5. The van der Waals surface area contributed by atoms with Gasteiger partial charge in [0, 0.05) is 38.6 Å². The molecule has 2 N–H and O–H groups in total. The van der Waals surface area contributed by atoms with Gasteiger partial charge in [-0.3, -0.25) is 4.99 Å². The minimum atomic E-state index is 0.188. The van der Waals surface area contributed by atoms with Gasteiger partial charge < -0.3 is 15.4 Å². The van der Waals surface area contributed by atoms with Gasteiger partial charge in [-0.25, -0.2) is 9.67 Å². The first-order valence-electron chi connectivity index (χ1n) is 7.98. The highest BCUT2D eigenvalue weighted by molar-refractivity contribution is 5.79. The minimum Gasteiger partial charge on any atom is -0.383 e. The SMILES string of the molecule is CN=C(NCc1ccc(-n2nc(C)cc2C)nc1)NC(C)COC. The van der Waals surface area contributed by atoms with E-state index in [0.29, 0.717) is 13.2 Å². The Labute approximate surface area is 143 Å². The second kappa shape index (κ2) is 8.44. The topological polar surface area (TPSA) is 76.4 Å². The molecule has 24 heavy (non-hydrogen) atoms. The molecule has 130 valence electrons. The van der Waals surface area contributed by atoms with Crippen LogP contribution in [0.3, 0.4) is 0 Å². The third-order valence-corrected chi connectivity index (χ3v) is 3.52. The number of pyridine rings is 1. The smallest absolute Gasteiger partial charge is 0.191 e. The standard InChI is InChI=1S/C17H26N6O/c1-12-8-14(3)23(22-12)16-7-6-15(9-19-16)10-20-17(18-4)21-13(2)11-24-5/h6-9,13H,10-11H2,1-5H3,(H2,18,20,21). The minimum absolute atomic E-state index is 0.188. The van der Waals surface area contributed by atoms with Gasteiger partial charge in [-0.1, -0.05) is 6.07 Å². The summed E-state index contributed by atoms with van der Waals surface area (Å²) in [7, 11) is 3.43. The Morgan fingerprint density at radius 2 is 2.17 bits per heavy atom. The van der Waals surface area contributed by atoms with Crippen LogP contribution in [-0.4, -0.2) is 47.5 Å². The quantitative estimate of drug-likeness (QED) is 0.621. The van der Waals surface area contributed by atoms with Crippen molar-refractivity contribution in [3.63, 3.8) is 0 Å². The third-order valence-electron chi connectivity index (χ3n) is 3.52. The summed E-state index contributed by atoms with van der Waals surface area (Å²) in [6.07, 6.45) is 1.85. The number of aromatic nitrogens is 3. The van der Waals surface area contributed by atoms with Gasteiger partial charge in [0.1, 0.15) is 0 Å². The first-order chi connectivity index (χ1) is 11.5. The molecule has 0 amide bonds. The van der Waals surface area contributed by atoms with E-state index in [2.05, 4.69) is 25.7 Å². The van der Waals surface area contributed by atoms with Gasteiger partial charge in [-0.05, 0) is 38.5 Å². The number of nitrogens with zero attached hydrogens (tertiary/aromatic N) is 4. The van der Waals surface area contributed by atoms with E-state index in [1.165, 1.54) is 0 Å². The van der Waals surface area contributed by atoms with Crippen molar-refractivity contribution in [3.8, 4) is 5.82 Å². The Hall–Kier alpha value is -2.41. The molecule has 2 heterocycles. The fourth-order valence-electron chi connectivity index (χ4n) is 2.41. The van der Waals surface area contributed by atoms with E-state index in [4.69, 9.17) is 4.74 Å². The summed E-state index contributed by atoms with van der Waals surface area (Å²) >= 11 is 0. The number of aryl methyl sites for hydroxylation is 2. The lowest BCUT2D eigenvalue weighted by Gasteiger charge is -2.17. The Bertz CT molecular complexity index is 677. The van der Waals surface area contributed by atoms with E-state index < -0.39 is 0 Å². The maximum Gasteiger partial charge on any atom is 0.191 e. The average Bonchev–Trinajstić information content (AvgIpc) is 2.90. The number of aliphatic imine (C=N–C) groups is 1. The van der Waals surface area contributed by atoms with Crippen molar-refractivity contribution in [2.24, 2.45) is 4.99 Å². The maximum absolute atomic E-state index is 5.11. The first-order valence-corrected chi connectivity index (χ1v) is 7.98. The molecule has 0 radical (unpaired) electrons. The van der Waals surface area contributed by atoms with Crippen molar-refractivity contribution >= 4 is 5.96 Å². The number of ether oxygens (including phenoxy) is 1. The van der Waals surface area contributed by atoms with Crippen LogP contribution in [0.4, 0.5) is 0 Å². The molecule has 2 aromatic rings. The molecule has 0 saturated heterocycles. The van der Waals surface area contributed by atoms with Crippen LogP contribution in [0.1, 0.15) is 23.9 Å². The van der Waals surface area contributed by atoms with Crippen molar-refractivity contribution in [2.45, 2.75) is 33.4 Å². The summed E-state index contributed by atoms with van der Waals surface area (Å²) in [5, 5.41) is 11.0. The van der Waals surface area contributed by atoms with Crippen LogP contribution in [0, 0.1) is 13.8 Å². The van der Waals surface area contributed by atoms with Crippen molar-refractivity contribution < 1.29 is 4.74 Å². The molecule has 0 spiro atoms. The summed E-state index contributed by atoms with van der Waals surface area (Å²) in [5.41, 5.74) is 3.13. The zero-order chi connectivity index (χ0) is 17.5. The third kappa shape index (κ3) is 4.79. The molecule has 7 heteroatoms. The normalized spacial score (nSPS) is 13.0. The largest absolute Gasteiger partial charge is 0.383 e. The summed E-state index contributed by atoms with van der Waals surface area (Å²) in [6, 6.07) is 6.24. The molecular formula is C17H26N6O. The van der Waals surface area contributed by atoms with E-state index in [0.717, 1.165) is 28.7 Å². The molecule has 0 aliphatic heterocycles. The molecule has 0 aromatic carbocycles. The van der Waals surface area contributed by atoms with Crippen LogP contribution in [0.2, 0.25) is 0 Å². The first kappa shape index (κ1) is 17.9. The van der Waals surface area contributed by atoms with E-state index in [1.54, 1.807) is 14.2 Å². The van der Waals surface area contributed by atoms with Crippen molar-refractivity contribution in [2.75, 3.05) is 20.8 Å². The molecule has 0 aliphatic rings. The highest BCUT2D eigenvalue weighted by Gasteiger charge is 2.06. The van der Waals surface area contributed by atoms with Gasteiger partial charge >= 0.3 is 0 Å². The molecule has 2 aromatic heterocycles. The highest BCUT2D eigenvalue weighted by Crippen LogP contribution is 2.10. The fourth-order valence-corrected chi connectivity index (χ4v) is 2.41. The summed E-state index contributed by atoms with van der Waals surface area (Å²) in [6.45, 7) is 7.31. The predicted octanol–water partition coefficient (Wildman–Crippen LogP) is 1.58. The predicted molar refractivity (Wildman–Crippen MR) is 95.5 cm³/mol. The Balaban J connectivity index is 1.95. The zero-order valence-corrected chi connectivity index (χ0v) is 15.0. The Morgan fingerprint density at radius 1 is 1.38 bits per heavy atom. The van der Waals surface area contributed by atoms with Gasteiger partial charge in [0.15, 0.2) is 11.8 Å². The summed E-state index contributed by atoms with van der Waals surface area (Å²) in [5.74, 6) is 1.56. The monoisotopic (exact) mass is 330 g/mol. The van der Waals surface area contributed by atoms with Crippen LogP contribution in [0.15, 0.2) is 29.4 Å². The Morgan fingerprint density at radius 3 is 2.71 bits per heavy atom. The number of nitrogens with one attached hydrogen (secondary N) is 2. The number of hydrogen-bond acceptors (Lipinski definition) is 4.